The van der Waals surface area contributed by atoms with E-state index in [-0.39, 0.29) is 5.41 Å². The number of benzene rings is 8. The van der Waals surface area contributed by atoms with Gasteiger partial charge in [-0.2, -0.15) is 0 Å². The van der Waals surface area contributed by atoms with Gasteiger partial charge in [0.15, 0.2) is 0 Å². The Kier molecular flexibility index (Phi) is 7.51. The van der Waals surface area contributed by atoms with E-state index in [0.717, 1.165) is 22.7 Å². The summed E-state index contributed by atoms with van der Waals surface area (Å²) >= 11 is 0. The Morgan fingerprint density at radius 1 is 0.431 bits per heavy atom. The summed E-state index contributed by atoms with van der Waals surface area (Å²) in [5, 5.41) is 6.00. The van der Waals surface area contributed by atoms with Crippen molar-refractivity contribution in [2.45, 2.75) is 19.3 Å². The lowest BCUT2D eigenvalue weighted by molar-refractivity contribution is 0.661. The Morgan fingerprint density at radius 2 is 0.961 bits per heavy atom. The van der Waals surface area contributed by atoms with Gasteiger partial charge in [0.05, 0.1) is 5.69 Å². The van der Waals surface area contributed by atoms with Gasteiger partial charge in [-0.15, -0.1) is 0 Å². The zero-order valence-electron chi connectivity index (χ0n) is 28.8. The lowest BCUT2D eigenvalue weighted by atomic mass is 9.81. The Labute approximate surface area is 300 Å². The molecule has 1 aliphatic carbocycles. The minimum atomic E-state index is -0.201. The van der Waals surface area contributed by atoms with Crippen LogP contribution in [0.15, 0.2) is 188 Å². The first-order chi connectivity index (χ1) is 25.0. The van der Waals surface area contributed by atoms with Crippen molar-refractivity contribution in [2.24, 2.45) is 0 Å². The molecule has 1 aliphatic rings. The molecule has 0 amide bonds. The molecule has 0 bridgehead atoms. The number of para-hydroxylation sites is 2. The van der Waals surface area contributed by atoms with E-state index in [4.69, 9.17) is 0 Å². The molecule has 0 fully saturated rings. The average Bonchev–Trinajstić information content (AvgIpc) is 3.41. The summed E-state index contributed by atoms with van der Waals surface area (Å²) in [6.07, 6.45) is 0. The van der Waals surface area contributed by atoms with E-state index in [9.17, 15) is 0 Å². The maximum absolute atomic E-state index is 3.52. The highest BCUT2D eigenvalue weighted by Crippen LogP contribution is 2.57. The summed E-state index contributed by atoms with van der Waals surface area (Å²) in [5.74, 6) is 0. The first-order valence-corrected chi connectivity index (χ1v) is 17.7. The van der Waals surface area contributed by atoms with Gasteiger partial charge in [-0.05, 0) is 105 Å². The molecular weight excluding hydrogens is 617 g/mol. The highest BCUT2D eigenvalue weighted by atomic mass is 15.1. The predicted octanol–water partition coefficient (Wildman–Crippen LogP) is 13.7. The molecule has 9 rings (SSSR count). The Balaban J connectivity index is 1.20. The monoisotopic (exact) mass is 654 g/mol. The van der Waals surface area contributed by atoms with Gasteiger partial charge >= 0.3 is 0 Å². The van der Waals surface area contributed by atoms with E-state index in [0.29, 0.717) is 0 Å². The van der Waals surface area contributed by atoms with Crippen molar-refractivity contribution in [1.29, 1.82) is 0 Å². The van der Waals surface area contributed by atoms with Crippen LogP contribution in [0.3, 0.4) is 0 Å². The molecule has 0 saturated carbocycles. The van der Waals surface area contributed by atoms with Gasteiger partial charge in [0.1, 0.15) is 0 Å². The third-order valence-electron chi connectivity index (χ3n) is 10.4. The zero-order valence-corrected chi connectivity index (χ0v) is 28.8. The maximum Gasteiger partial charge on any atom is 0.0621 e. The molecule has 0 aliphatic heterocycles. The first kappa shape index (κ1) is 30.7. The summed E-state index contributed by atoms with van der Waals surface area (Å²) in [4.78, 5) is 2.47. The highest BCUT2D eigenvalue weighted by Gasteiger charge is 2.39. The molecule has 8 aromatic carbocycles. The lowest BCUT2D eigenvalue weighted by Gasteiger charge is -2.30. The van der Waals surface area contributed by atoms with Gasteiger partial charge in [0, 0.05) is 39.1 Å². The van der Waals surface area contributed by atoms with E-state index in [1.165, 1.54) is 61.0 Å². The molecule has 0 saturated heterocycles. The van der Waals surface area contributed by atoms with Crippen LogP contribution in [-0.2, 0) is 5.41 Å². The number of nitrogens with zero attached hydrogens (tertiary/aromatic N) is 1. The molecule has 0 spiro atoms. The van der Waals surface area contributed by atoms with Gasteiger partial charge in [-0.3, -0.25) is 0 Å². The van der Waals surface area contributed by atoms with E-state index in [1.54, 1.807) is 0 Å². The molecule has 0 atom stereocenters. The third kappa shape index (κ3) is 5.46. The van der Waals surface area contributed by atoms with Crippen molar-refractivity contribution in [3.8, 4) is 33.4 Å². The number of nitrogens with one attached hydrogen (secondary N) is 1. The molecule has 2 heteroatoms. The molecule has 51 heavy (non-hydrogen) atoms. The molecule has 0 aromatic heterocycles. The van der Waals surface area contributed by atoms with Gasteiger partial charge in [0.2, 0.25) is 0 Å². The van der Waals surface area contributed by atoms with Crippen molar-refractivity contribution < 1.29 is 0 Å². The molecule has 1 N–H and O–H groups in total. The summed E-state index contributed by atoms with van der Waals surface area (Å²) in [5.41, 5.74) is 15.6. The Morgan fingerprint density at radius 3 is 1.69 bits per heavy atom. The van der Waals surface area contributed by atoms with Crippen LogP contribution in [0.25, 0.3) is 44.2 Å². The smallest absolute Gasteiger partial charge is 0.0621 e. The Hall–Kier alpha value is -6.38. The predicted molar refractivity (Wildman–Crippen MR) is 217 cm³/mol. The molecule has 244 valence electrons. The fraction of sp³-hybridized carbons (Fsp3) is 0.0612. The zero-order chi connectivity index (χ0) is 34.4. The van der Waals surface area contributed by atoms with E-state index < -0.39 is 0 Å². The molecule has 2 nitrogen and oxygen atoms in total. The lowest BCUT2D eigenvalue weighted by Crippen LogP contribution is -2.16. The van der Waals surface area contributed by atoms with E-state index >= 15 is 0 Å². The number of fused-ring (bicyclic) bond motifs is 4. The molecule has 0 unspecified atom stereocenters. The van der Waals surface area contributed by atoms with Gasteiger partial charge in [0.25, 0.3) is 0 Å². The molecular formula is C49H38N2. The van der Waals surface area contributed by atoms with Crippen molar-refractivity contribution in [3.63, 3.8) is 0 Å². The van der Waals surface area contributed by atoms with Crippen LogP contribution in [0.5, 0.6) is 0 Å². The standard InChI is InChI=1S/C49H38N2/c1-49(2)45-32-37(36-22-27-40(28-23-36)50-39-17-8-4-9-18-39)26-31-44(45)47-46(49)33-38-16-12-13-21-43(38)48(47)51(41-19-10-5-11-20-41)42-29-24-35(25-30-42)34-14-6-3-7-15-34/h3-33,50H,1-2H3. The van der Waals surface area contributed by atoms with Crippen LogP contribution >= 0.6 is 0 Å². The summed E-state index contributed by atoms with van der Waals surface area (Å²) < 4.78 is 0. The number of anilines is 5. The van der Waals surface area contributed by atoms with Gasteiger partial charge in [-0.25, -0.2) is 0 Å². The van der Waals surface area contributed by atoms with Crippen molar-refractivity contribution in [2.75, 3.05) is 10.2 Å². The minimum absolute atomic E-state index is 0.201. The van der Waals surface area contributed by atoms with Crippen molar-refractivity contribution in [1.82, 2.24) is 0 Å². The highest BCUT2D eigenvalue weighted by molar-refractivity contribution is 6.10. The fourth-order valence-corrected chi connectivity index (χ4v) is 7.78. The summed E-state index contributed by atoms with van der Waals surface area (Å²) in [6.45, 7) is 4.77. The van der Waals surface area contributed by atoms with Crippen LogP contribution in [-0.4, -0.2) is 0 Å². The second kappa shape index (κ2) is 12.5. The maximum atomic E-state index is 3.52. The Bertz CT molecular complexity index is 2480. The largest absolute Gasteiger partial charge is 0.356 e. The van der Waals surface area contributed by atoms with E-state index in [1.807, 2.05) is 6.07 Å². The topological polar surface area (TPSA) is 15.3 Å². The number of hydrogen-bond donors (Lipinski definition) is 1. The van der Waals surface area contributed by atoms with Crippen molar-refractivity contribution in [3.05, 3.63) is 199 Å². The van der Waals surface area contributed by atoms with Crippen LogP contribution in [0.4, 0.5) is 28.4 Å². The number of rotatable bonds is 7. The second-order valence-corrected chi connectivity index (χ2v) is 13.9. The summed E-state index contributed by atoms with van der Waals surface area (Å²) in [6, 6.07) is 67.9. The minimum Gasteiger partial charge on any atom is -0.356 e. The normalized spacial score (nSPS) is 12.7. The molecule has 0 radical (unpaired) electrons. The second-order valence-electron chi connectivity index (χ2n) is 13.9. The van der Waals surface area contributed by atoms with Crippen LogP contribution < -0.4 is 10.2 Å². The molecule has 8 aromatic rings. The van der Waals surface area contributed by atoms with Gasteiger partial charge < -0.3 is 10.2 Å². The van der Waals surface area contributed by atoms with Crippen LogP contribution in [0.1, 0.15) is 25.0 Å². The average molecular weight is 655 g/mol. The van der Waals surface area contributed by atoms with Gasteiger partial charge in [-0.1, -0.05) is 141 Å². The quantitative estimate of drug-likeness (QED) is 0.184. The number of hydrogen-bond acceptors (Lipinski definition) is 2. The summed E-state index contributed by atoms with van der Waals surface area (Å²) in [7, 11) is 0. The SMILES string of the molecule is CC1(C)c2cc(-c3ccc(Nc4ccccc4)cc3)ccc2-c2c1cc1ccccc1c2N(c1ccccc1)c1ccc(-c2ccccc2)cc1. The van der Waals surface area contributed by atoms with Crippen LogP contribution in [0, 0.1) is 0 Å². The van der Waals surface area contributed by atoms with Crippen molar-refractivity contribution >= 4 is 39.2 Å². The van der Waals surface area contributed by atoms with Crippen LogP contribution in [0.2, 0.25) is 0 Å². The van der Waals surface area contributed by atoms with E-state index in [2.05, 4.69) is 206 Å². The molecule has 0 heterocycles. The fourth-order valence-electron chi connectivity index (χ4n) is 7.78. The third-order valence-corrected chi connectivity index (χ3v) is 10.4. The first-order valence-electron chi connectivity index (χ1n) is 17.7.